The number of aliphatic hydroxyl groups is 1. The predicted molar refractivity (Wildman–Crippen MR) is 82.9 cm³/mol. The lowest BCUT2D eigenvalue weighted by Crippen LogP contribution is -2.43. The van der Waals surface area contributed by atoms with Crippen LogP contribution in [-0.2, 0) is 0 Å². The fourth-order valence-corrected chi connectivity index (χ4v) is 2.59. The van der Waals surface area contributed by atoms with E-state index in [1.807, 2.05) is 25.1 Å². The van der Waals surface area contributed by atoms with Gasteiger partial charge < -0.3 is 15.6 Å². The number of nitrogens with two attached hydrogens (primary N) is 1. The Labute approximate surface area is 122 Å². The summed E-state index contributed by atoms with van der Waals surface area (Å²) >= 11 is 0. The molecule has 0 fully saturated rings. The van der Waals surface area contributed by atoms with Gasteiger partial charge >= 0.3 is 0 Å². The van der Waals surface area contributed by atoms with E-state index in [-0.39, 0.29) is 18.7 Å². The highest BCUT2D eigenvalue weighted by Crippen LogP contribution is 2.28. The molecule has 20 heavy (non-hydrogen) atoms. The monoisotopic (exact) mass is 280 g/mol. The molecule has 0 radical (unpaired) electrons. The van der Waals surface area contributed by atoms with Crippen molar-refractivity contribution >= 4 is 0 Å². The average molecular weight is 280 g/mol. The molecule has 114 valence electrons. The standard InChI is InChI=1S/C16H28N2O2/c1-12(2)18(9-6-10-19)16(13(3)17)14-7-5-8-15(11-14)20-4/h5,7-8,11-13,16,19H,6,9-10,17H2,1-4H3. The summed E-state index contributed by atoms with van der Waals surface area (Å²) in [5.74, 6) is 0.846. The first-order valence-electron chi connectivity index (χ1n) is 7.27. The van der Waals surface area contributed by atoms with E-state index in [0.29, 0.717) is 6.04 Å². The van der Waals surface area contributed by atoms with Crippen LogP contribution >= 0.6 is 0 Å². The maximum absolute atomic E-state index is 9.09. The van der Waals surface area contributed by atoms with Crippen LogP contribution in [0.15, 0.2) is 24.3 Å². The zero-order chi connectivity index (χ0) is 15.1. The summed E-state index contributed by atoms with van der Waals surface area (Å²) in [6, 6.07) is 8.56. The maximum Gasteiger partial charge on any atom is 0.119 e. The molecule has 0 aliphatic rings. The summed E-state index contributed by atoms with van der Waals surface area (Å²) < 4.78 is 5.31. The summed E-state index contributed by atoms with van der Waals surface area (Å²) in [6.45, 7) is 7.38. The van der Waals surface area contributed by atoms with Crippen LogP contribution in [0.25, 0.3) is 0 Å². The highest BCUT2D eigenvalue weighted by molar-refractivity contribution is 5.31. The summed E-state index contributed by atoms with van der Waals surface area (Å²) in [4.78, 5) is 2.34. The first-order chi connectivity index (χ1) is 9.51. The second-order valence-corrected chi connectivity index (χ2v) is 5.49. The third kappa shape index (κ3) is 4.47. The maximum atomic E-state index is 9.09. The van der Waals surface area contributed by atoms with Gasteiger partial charge in [0.1, 0.15) is 5.75 Å². The largest absolute Gasteiger partial charge is 0.497 e. The molecule has 1 aromatic carbocycles. The fraction of sp³-hybridized carbons (Fsp3) is 0.625. The van der Waals surface area contributed by atoms with E-state index in [1.54, 1.807) is 7.11 Å². The number of benzene rings is 1. The Morgan fingerprint density at radius 2 is 2.00 bits per heavy atom. The van der Waals surface area contributed by atoms with Crippen LogP contribution in [-0.4, -0.2) is 42.4 Å². The van der Waals surface area contributed by atoms with E-state index >= 15 is 0 Å². The molecule has 0 bridgehead atoms. The second kappa shape index (κ2) is 8.25. The highest BCUT2D eigenvalue weighted by Gasteiger charge is 2.26. The van der Waals surface area contributed by atoms with Gasteiger partial charge in [0.25, 0.3) is 0 Å². The average Bonchev–Trinajstić information content (AvgIpc) is 2.42. The molecule has 2 unspecified atom stereocenters. The van der Waals surface area contributed by atoms with Gasteiger partial charge in [-0.15, -0.1) is 0 Å². The van der Waals surface area contributed by atoms with Crippen molar-refractivity contribution in [1.29, 1.82) is 0 Å². The van der Waals surface area contributed by atoms with E-state index in [4.69, 9.17) is 15.6 Å². The Hall–Kier alpha value is -1.10. The molecule has 4 heteroatoms. The van der Waals surface area contributed by atoms with Gasteiger partial charge in [-0.05, 0) is 44.9 Å². The fourth-order valence-electron chi connectivity index (χ4n) is 2.59. The number of hydrogen-bond acceptors (Lipinski definition) is 4. The van der Waals surface area contributed by atoms with Crippen LogP contribution < -0.4 is 10.5 Å². The summed E-state index contributed by atoms with van der Waals surface area (Å²) in [5, 5.41) is 9.09. The molecule has 0 heterocycles. The Morgan fingerprint density at radius 3 is 2.50 bits per heavy atom. The molecule has 0 aliphatic heterocycles. The number of ether oxygens (including phenoxy) is 1. The van der Waals surface area contributed by atoms with Crippen LogP contribution in [0.5, 0.6) is 5.75 Å². The van der Waals surface area contributed by atoms with Crippen molar-refractivity contribution in [2.24, 2.45) is 5.73 Å². The van der Waals surface area contributed by atoms with E-state index < -0.39 is 0 Å². The van der Waals surface area contributed by atoms with Gasteiger partial charge in [-0.25, -0.2) is 0 Å². The third-order valence-electron chi connectivity index (χ3n) is 3.53. The van der Waals surface area contributed by atoms with E-state index in [9.17, 15) is 0 Å². The zero-order valence-corrected chi connectivity index (χ0v) is 13.0. The van der Waals surface area contributed by atoms with Gasteiger partial charge in [0.2, 0.25) is 0 Å². The summed E-state index contributed by atoms with van der Waals surface area (Å²) in [5.41, 5.74) is 7.38. The molecule has 0 saturated carbocycles. The number of hydrogen-bond donors (Lipinski definition) is 2. The van der Waals surface area contributed by atoms with Crippen molar-refractivity contribution in [2.45, 2.75) is 45.3 Å². The first-order valence-corrected chi connectivity index (χ1v) is 7.27. The lowest BCUT2D eigenvalue weighted by Gasteiger charge is -2.37. The Balaban J connectivity index is 3.06. The Bertz CT molecular complexity index is 394. The number of nitrogens with zero attached hydrogens (tertiary/aromatic N) is 1. The van der Waals surface area contributed by atoms with Crippen molar-refractivity contribution in [3.63, 3.8) is 0 Å². The molecule has 1 rings (SSSR count). The highest BCUT2D eigenvalue weighted by atomic mass is 16.5. The van der Waals surface area contributed by atoms with Gasteiger partial charge in [0.05, 0.1) is 13.2 Å². The SMILES string of the molecule is COc1cccc(C(C(C)N)N(CCCO)C(C)C)c1. The van der Waals surface area contributed by atoms with Gasteiger partial charge in [-0.3, -0.25) is 4.90 Å². The molecule has 0 aromatic heterocycles. The first kappa shape index (κ1) is 17.0. The Kier molecular flexibility index (Phi) is 6.99. The van der Waals surface area contributed by atoms with Crippen molar-refractivity contribution in [3.8, 4) is 5.75 Å². The minimum atomic E-state index is 0.00296. The zero-order valence-electron chi connectivity index (χ0n) is 13.0. The lowest BCUT2D eigenvalue weighted by molar-refractivity contribution is 0.123. The third-order valence-corrected chi connectivity index (χ3v) is 3.53. The molecule has 0 amide bonds. The lowest BCUT2D eigenvalue weighted by atomic mass is 9.97. The van der Waals surface area contributed by atoms with Crippen LogP contribution in [0.3, 0.4) is 0 Å². The summed E-state index contributed by atoms with van der Waals surface area (Å²) in [6.07, 6.45) is 0.755. The van der Waals surface area contributed by atoms with E-state index in [1.165, 1.54) is 0 Å². The molecular formula is C16H28N2O2. The smallest absolute Gasteiger partial charge is 0.119 e. The minimum Gasteiger partial charge on any atom is -0.497 e. The van der Waals surface area contributed by atoms with Gasteiger partial charge in [0, 0.05) is 25.2 Å². The van der Waals surface area contributed by atoms with Crippen LogP contribution in [0.2, 0.25) is 0 Å². The van der Waals surface area contributed by atoms with Crippen LogP contribution in [0, 0.1) is 0 Å². The summed E-state index contributed by atoms with van der Waals surface area (Å²) in [7, 11) is 1.67. The number of aliphatic hydroxyl groups excluding tert-OH is 1. The van der Waals surface area contributed by atoms with Gasteiger partial charge in [0.15, 0.2) is 0 Å². The van der Waals surface area contributed by atoms with Crippen LogP contribution in [0.1, 0.15) is 38.8 Å². The minimum absolute atomic E-state index is 0.00296. The quantitative estimate of drug-likeness (QED) is 0.766. The normalized spacial score (nSPS) is 14.6. The second-order valence-electron chi connectivity index (χ2n) is 5.49. The molecule has 3 N–H and O–H groups in total. The number of rotatable bonds is 8. The molecule has 1 aromatic rings. The van der Waals surface area contributed by atoms with Crippen molar-refractivity contribution < 1.29 is 9.84 Å². The van der Waals surface area contributed by atoms with Gasteiger partial charge in [-0.1, -0.05) is 12.1 Å². The topological polar surface area (TPSA) is 58.7 Å². The molecule has 0 aliphatic carbocycles. The Morgan fingerprint density at radius 1 is 1.30 bits per heavy atom. The van der Waals surface area contributed by atoms with E-state index in [0.717, 1.165) is 24.3 Å². The van der Waals surface area contributed by atoms with Crippen molar-refractivity contribution in [2.75, 3.05) is 20.3 Å². The molecule has 0 spiro atoms. The van der Waals surface area contributed by atoms with Gasteiger partial charge in [-0.2, -0.15) is 0 Å². The van der Waals surface area contributed by atoms with Crippen molar-refractivity contribution in [1.82, 2.24) is 4.90 Å². The molecule has 0 saturated heterocycles. The molecule has 4 nitrogen and oxygen atoms in total. The molecule has 2 atom stereocenters. The molecular weight excluding hydrogens is 252 g/mol. The number of methoxy groups -OCH3 is 1. The predicted octanol–water partition coefficient (Wildman–Crippen LogP) is 2.18. The van der Waals surface area contributed by atoms with E-state index in [2.05, 4.69) is 24.8 Å². The van der Waals surface area contributed by atoms with Crippen LogP contribution in [0.4, 0.5) is 0 Å². The van der Waals surface area contributed by atoms with Crippen molar-refractivity contribution in [3.05, 3.63) is 29.8 Å².